The van der Waals surface area contributed by atoms with Gasteiger partial charge in [-0.05, 0) is 86.8 Å². The molecule has 2 heterocycles. The molecule has 0 radical (unpaired) electrons. The Labute approximate surface area is 170 Å². The molecule has 5 heteroatoms. The predicted molar refractivity (Wildman–Crippen MR) is 117 cm³/mol. The molecule has 2 aliphatic rings. The van der Waals surface area contributed by atoms with Crippen molar-refractivity contribution in [1.82, 2.24) is 0 Å². The fraction of sp³-hybridized carbons (Fsp3) is 0.304. The second-order valence-corrected chi connectivity index (χ2v) is 8.42. The Kier molecular flexibility index (Phi) is 5.27. The maximum atomic E-state index is 13.2. The smallest absolute Gasteiger partial charge is 0.271 e. The van der Waals surface area contributed by atoms with Crippen molar-refractivity contribution >= 4 is 34.6 Å². The van der Waals surface area contributed by atoms with E-state index in [1.807, 2.05) is 63.2 Å². The van der Waals surface area contributed by atoms with E-state index in [2.05, 4.69) is 6.07 Å². The van der Waals surface area contributed by atoms with Crippen molar-refractivity contribution in [3.63, 3.8) is 0 Å². The molecular weight excluding hydrogens is 368 g/mol. The molecule has 2 aromatic carbocycles. The summed E-state index contributed by atoms with van der Waals surface area (Å²) in [5, 5.41) is 0.733. The Morgan fingerprint density at radius 3 is 2.71 bits per heavy atom. The van der Waals surface area contributed by atoms with E-state index in [-0.39, 0.29) is 11.9 Å². The molecule has 144 valence electrons. The number of nitrogens with zero attached hydrogens (tertiary/aromatic N) is 2. The van der Waals surface area contributed by atoms with Crippen molar-refractivity contribution in [3.8, 4) is 5.75 Å². The Balaban J connectivity index is 1.69. The molecule has 0 bridgehead atoms. The fourth-order valence-electron chi connectivity index (χ4n) is 3.32. The van der Waals surface area contributed by atoms with Crippen LogP contribution in [-0.2, 0) is 11.2 Å². The van der Waals surface area contributed by atoms with Gasteiger partial charge in [0.05, 0.1) is 17.2 Å². The van der Waals surface area contributed by atoms with Gasteiger partial charge in [0.25, 0.3) is 5.91 Å². The minimum atomic E-state index is -0.0257. The minimum Gasteiger partial charge on any atom is -0.493 e. The molecule has 4 nitrogen and oxygen atoms in total. The molecular formula is C23H24N2O2S. The first kappa shape index (κ1) is 18.8. The van der Waals surface area contributed by atoms with E-state index in [4.69, 9.17) is 9.73 Å². The molecule has 0 aromatic heterocycles. The predicted octanol–water partition coefficient (Wildman–Crippen LogP) is 5.21. The highest BCUT2D eigenvalue weighted by molar-refractivity contribution is 8.19. The summed E-state index contributed by atoms with van der Waals surface area (Å²) < 4.78 is 5.69. The number of aryl methyl sites for hydroxylation is 2. The molecule has 2 aliphatic heterocycles. The average molecular weight is 393 g/mol. The molecule has 4 rings (SSSR count). The third-order valence-corrected chi connectivity index (χ3v) is 5.68. The maximum absolute atomic E-state index is 13.2. The minimum absolute atomic E-state index is 0.0257. The van der Waals surface area contributed by atoms with Crippen LogP contribution in [0.5, 0.6) is 5.75 Å². The number of carbonyl (C=O) groups is 1. The first-order valence-corrected chi connectivity index (χ1v) is 10.5. The SMILES string of the molecule is Cc1ccc(N2C(=O)/C(=C/c3ccc4c(c3)CCCO4)SC2=NC(C)C)cc1. The van der Waals surface area contributed by atoms with E-state index in [0.29, 0.717) is 4.91 Å². The lowest BCUT2D eigenvalue weighted by Gasteiger charge is -2.17. The van der Waals surface area contributed by atoms with Gasteiger partial charge in [0.2, 0.25) is 0 Å². The molecule has 0 N–H and O–H groups in total. The van der Waals surface area contributed by atoms with Crippen LogP contribution < -0.4 is 9.64 Å². The lowest BCUT2D eigenvalue weighted by atomic mass is 10.0. The number of fused-ring (bicyclic) bond motifs is 1. The number of rotatable bonds is 3. The number of benzene rings is 2. The van der Waals surface area contributed by atoms with E-state index < -0.39 is 0 Å². The normalized spacial score (nSPS) is 19.4. The van der Waals surface area contributed by atoms with Crippen LogP contribution in [0.2, 0.25) is 0 Å². The molecule has 1 amide bonds. The molecule has 0 saturated carbocycles. The molecule has 2 aromatic rings. The highest BCUT2D eigenvalue weighted by Crippen LogP contribution is 2.37. The zero-order valence-corrected chi connectivity index (χ0v) is 17.3. The summed E-state index contributed by atoms with van der Waals surface area (Å²) in [5.74, 6) is 0.935. The van der Waals surface area contributed by atoms with Crippen molar-refractivity contribution in [1.29, 1.82) is 0 Å². The van der Waals surface area contributed by atoms with Crippen LogP contribution in [0.3, 0.4) is 0 Å². The third-order valence-electron chi connectivity index (χ3n) is 4.70. The van der Waals surface area contributed by atoms with Gasteiger partial charge in [0.15, 0.2) is 5.17 Å². The van der Waals surface area contributed by atoms with E-state index in [9.17, 15) is 4.79 Å². The lowest BCUT2D eigenvalue weighted by molar-refractivity contribution is -0.113. The van der Waals surface area contributed by atoms with Gasteiger partial charge in [-0.2, -0.15) is 0 Å². The summed E-state index contributed by atoms with van der Waals surface area (Å²) in [7, 11) is 0. The number of carbonyl (C=O) groups excluding carboxylic acids is 1. The Bertz CT molecular complexity index is 961. The zero-order valence-electron chi connectivity index (χ0n) is 16.4. The summed E-state index contributed by atoms with van der Waals surface area (Å²) in [6, 6.07) is 14.2. The summed E-state index contributed by atoms with van der Waals surface area (Å²) in [6.45, 7) is 6.87. The van der Waals surface area contributed by atoms with Gasteiger partial charge in [0, 0.05) is 6.04 Å². The number of amidine groups is 1. The average Bonchev–Trinajstić information content (AvgIpc) is 2.97. The molecule has 28 heavy (non-hydrogen) atoms. The Morgan fingerprint density at radius 2 is 1.96 bits per heavy atom. The number of ether oxygens (including phenoxy) is 1. The molecule has 1 saturated heterocycles. The summed E-state index contributed by atoms with van der Waals surface area (Å²) in [6.07, 6.45) is 4.02. The van der Waals surface area contributed by atoms with Crippen LogP contribution in [-0.4, -0.2) is 23.7 Å². The van der Waals surface area contributed by atoms with Gasteiger partial charge in [-0.1, -0.05) is 23.8 Å². The molecule has 0 unspecified atom stereocenters. The number of hydrogen-bond acceptors (Lipinski definition) is 4. The standard InChI is InChI=1S/C23H24N2O2S/c1-15(2)24-23-25(19-9-6-16(3)7-10-19)22(26)21(28-23)14-17-8-11-20-18(13-17)5-4-12-27-20/h6-11,13-15H,4-5,12H2,1-3H3/b21-14-,24-23?. The topological polar surface area (TPSA) is 41.9 Å². The first-order chi connectivity index (χ1) is 13.5. The van der Waals surface area contributed by atoms with Gasteiger partial charge in [-0.15, -0.1) is 0 Å². The molecule has 0 aliphatic carbocycles. The van der Waals surface area contributed by atoms with E-state index >= 15 is 0 Å². The van der Waals surface area contributed by atoms with Gasteiger partial charge in [-0.3, -0.25) is 14.7 Å². The maximum Gasteiger partial charge on any atom is 0.271 e. The number of hydrogen-bond donors (Lipinski definition) is 0. The Morgan fingerprint density at radius 1 is 1.18 bits per heavy atom. The Hall–Kier alpha value is -2.53. The zero-order chi connectivity index (χ0) is 19.7. The van der Waals surface area contributed by atoms with Crippen molar-refractivity contribution in [2.45, 2.75) is 39.7 Å². The van der Waals surface area contributed by atoms with Crippen LogP contribution in [0.4, 0.5) is 5.69 Å². The molecule has 0 spiro atoms. The number of thioether (sulfide) groups is 1. The van der Waals surface area contributed by atoms with Crippen molar-refractivity contribution in [3.05, 3.63) is 64.1 Å². The van der Waals surface area contributed by atoms with E-state index in [0.717, 1.165) is 47.2 Å². The van der Waals surface area contributed by atoms with Crippen LogP contribution in [0, 0.1) is 6.92 Å². The highest BCUT2D eigenvalue weighted by Gasteiger charge is 2.34. The third kappa shape index (κ3) is 3.85. The van der Waals surface area contributed by atoms with Crippen LogP contribution in [0.15, 0.2) is 52.4 Å². The highest BCUT2D eigenvalue weighted by atomic mass is 32.2. The van der Waals surface area contributed by atoms with Gasteiger partial charge < -0.3 is 4.74 Å². The number of anilines is 1. The van der Waals surface area contributed by atoms with Crippen molar-refractivity contribution in [2.75, 3.05) is 11.5 Å². The van der Waals surface area contributed by atoms with Crippen LogP contribution >= 0.6 is 11.8 Å². The van der Waals surface area contributed by atoms with Gasteiger partial charge in [-0.25, -0.2) is 0 Å². The fourth-order valence-corrected chi connectivity index (χ4v) is 4.44. The number of aliphatic imine (C=N–C) groups is 1. The largest absolute Gasteiger partial charge is 0.493 e. The molecule has 0 atom stereocenters. The van der Waals surface area contributed by atoms with Crippen LogP contribution in [0.1, 0.15) is 37.0 Å². The van der Waals surface area contributed by atoms with E-state index in [1.165, 1.54) is 17.3 Å². The number of amides is 1. The van der Waals surface area contributed by atoms with Gasteiger partial charge in [0.1, 0.15) is 5.75 Å². The van der Waals surface area contributed by atoms with E-state index in [1.54, 1.807) is 4.90 Å². The van der Waals surface area contributed by atoms with Crippen LogP contribution in [0.25, 0.3) is 6.08 Å². The molecule has 1 fully saturated rings. The summed E-state index contributed by atoms with van der Waals surface area (Å²) in [4.78, 5) is 20.3. The monoisotopic (exact) mass is 392 g/mol. The first-order valence-electron chi connectivity index (χ1n) is 9.65. The quantitative estimate of drug-likeness (QED) is 0.674. The van der Waals surface area contributed by atoms with Gasteiger partial charge >= 0.3 is 0 Å². The van der Waals surface area contributed by atoms with Crippen molar-refractivity contribution in [2.24, 2.45) is 4.99 Å². The lowest BCUT2D eigenvalue weighted by Crippen LogP contribution is -2.29. The second-order valence-electron chi connectivity index (χ2n) is 7.41. The summed E-state index contributed by atoms with van der Waals surface area (Å²) in [5.41, 5.74) is 4.25. The van der Waals surface area contributed by atoms with Crippen molar-refractivity contribution < 1.29 is 9.53 Å². The second kappa shape index (κ2) is 7.84. The summed E-state index contributed by atoms with van der Waals surface area (Å²) >= 11 is 1.44.